The molecule has 1 aliphatic rings. The standard InChI is InChI=1S/C24H20ClF2NO4/c1-30-15-6-7-21(31-2)17(11-15)13-8-14-9-16(32-23(14)18(25)10-13)12-28-24(29)22-19(26)4-3-5-20(22)27/h3-8,10-11,16H,9,12H2,1-2H3,(H,28,29)/t16-/m1/s1. The summed E-state index contributed by atoms with van der Waals surface area (Å²) in [5.41, 5.74) is 1.87. The van der Waals surface area contributed by atoms with E-state index in [2.05, 4.69) is 5.32 Å². The summed E-state index contributed by atoms with van der Waals surface area (Å²) in [5.74, 6) is -0.816. The van der Waals surface area contributed by atoms with Crippen molar-refractivity contribution in [2.24, 2.45) is 0 Å². The van der Waals surface area contributed by atoms with E-state index in [9.17, 15) is 13.6 Å². The summed E-state index contributed by atoms with van der Waals surface area (Å²) in [6.45, 7) is 0.0649. The minimum atomic E-state index is -0.918. The predicted octanol–water partition coefficient (Wildman–Crippen LogP) is 5.04. The van der Waals surface area contributed by atoms with E-state index < -0.39 is 29.2 Å². The molecule has 0 saturated carbocycles. The van der Waals surface area contributed by atoms with Gasteiger partial charge >= 0.3 is 0 Å². The van der Waals surface area contributed by atoms with E-state index >= 15 is 0 Å². The zero-order valence-corrected chi connectivity index (χ0v) is 18.1. The van der Waals surface area contributed by atoms with Crippen LogP contribution in [0.4, 0.5) is 8.78 Å². The SMILES string of the molecule is COc1ccc(OC)c(-c2cc(Cl)c3c(c2)C[C@H](CNC(=O)c2c(F)cccc2F)O3)c1. The highest BCUT2D eigenvalue weighted by molar-refractivity contribution is 6.32. The van der Waals surface area contributed by atoms with Crippen molar-refractivity contribution >= 4 is 17.5 Å². The fourth-order valence-corrected chi connectivity index (χ4v) is 3.99. The lowest BCUT2D eigenvalue weighted by Gasteiger charge is -2.13. The van der Waals surface area contributed by atoms with Crippen molar-refractivity contribution in [3.05, 3.63) is 76.3 Å². The maximum Gasteiger partial charge on any atom is 0.257 e. The van der Waals surface area contributed by atoms with E-state index in [1.807, 2.05) is 18.2 Å². The molecule has 1 atom stereocenters. The number of halogens is 3. The molecule has 0 radical (unpaired) electrons. The maximum atomic E-state index is 13.8. The third kappa shape index (κ3) is 4.21. The fourth-order valence-electron chi connectivity index (χ4n) is 3.71. The number of amides is 1. The molecular weight excluding hydrogens is 440 g/mol. The summed E-state index contributed by atoms with van der Waals surface area (Å²) < 4.78 is 44.3. The summed E-state index contributed by atoms with van der Waals surface area (Å²) in [6, 6.07) is 12.5. The van der Waals surface area contributed by atoms with Gasteiger partial charge in [-0.1, -0.05) is 17.7 Å². The summed E-state index contributed by atoms with van der Waals surface area (Å²) in [6.07, 6.45) is 0.0404. The minimum absolute atomic E-state index is 0.0649. The van der Waals surface area contributed by atoms with Crippen LogP contribution in [-0.2, 0) is 6.42 Å². The lowest BCUT2D eigenvalue weighted by atomic mass is 9.99. The Bertz CT molecular complexity index is 1160. The van der Waals surface area contributed by atoms with Crippen LogP contribution in [0.1, 0.15) is 15.9 Å². The molecule has 1 aliphatic heterocycles. The third-order valence-electron chi connectivity index (χ3n) is 5.25. The van der Waals surface area contributed by atoms with Gasteiger partial charge in [0.25, 0.3) is 5.91 Å². The maximum absolute atomic E-state index is 13.8. The van der Waals surface area contributed by atoms with Crippen molar-refractivity contribution in [3.63, 3.8) is 0 Å². The molecule has 1 N–H and O–H groups in total. The van der Waals surface area contributed by atoms with Gasteiger partial charge in [-0.3, -0.25) is 4.79 Å². The van der Waals surface area contributed by atoms with E-state index in [0.29, 0.717) is 28.7 Å². The number of methoxy groups -OCH3 is 2. The number of fused-ring (bicyclic) bond motifs is 1. The van der Waals surface area contributed by atoms with Crippen LogP contribution < -0.4 is 19.5 Å². The van der Waals surface area contributed by atoms with Crippen LogP contribution in [0.2, 0.25) is 5.02 Å². The summed E-state index contributed by atoms with van der Waals surface area (Å²) in [4.78, 5) is 12.3. The molecule has 5 nitrogen and oxygen atoms in total. The van der Waals surface area contributed by atoms with E-state index in [1.54, 1.807) is 26.4 Å². The Hall–Kier alpha value is -3.32. The predicted molar refractivity (Wildman–Crippen MR) is 117 cm³/mol. The van der Waals surface area contributed by atoms with Crippen LogP contribution in [0.3, 0.4) is 0 Å². The molecule has 0 bridgehead atoms. The van der Waals surface area contributed by atoms with Crippen molar-refractivity contribution in [1.82, 2.24) is 5.32 Å². The Morgan fingerprint density at radius 3 is 2.56 bits per heavy atom. The van der Waals surface area contributed by atoms with Gasteiger partial charge in [0, 0.05) is 17.5 Å². The number of hydrogen-bond acceptors (Lipinski definition) is 4. The van der Waals surface area contributed by atoms with Gasteiger partial charge in [-0.25, -0.2) is 8.78 Å². The van der Waals surface area contributed by atoms with E-state index in [1.165, 1.54) is 6.07 Å². The first kappa shape index (κ1) is 21.9. The highest BCUT2D eigenvalue weighted by Crippen LogP contribution is 2.42. The summed E-state index contributed by atoms with van der Waals surface area (Å²) in [7, 11) is 3.17. The zero-order valence-electron chi connectivity index (χ0n) is 17.4. The van der Waals surface area contributed by atoms with Gasteiger partial charge < -0.3 is 19.5 Å². The summed E-state index contributed by atoms with van der Waals surface area (Å²) in [5, 5.41) is 2.95. The quantitative estimate of drug-likeness (QED) is 0.561. The average Bonchev–Trinajstić information content (AvgIpc) is 3.21. The molecule has 1 heterocycles. The Morgan fingerprint density at radius 2 is 1.88 bits per heavy atom. The Labute approximate surface area is 188 Å². The second-order valence-corrected chi connectivity index (χ2v) is 7.67. The Morgan fingerprint density at radius 1 is 1.12 bits per heavy atom. The number of carbonyl (C=O) groups is 1. The highest BCUT2D eigenvalue weighted by atomic mass is 35.5. The number of benzene rings is 3. The first-order valence-corrected chi connectivity index (χ1v) is 10.2. The Kier molecular flexibility index (Phi) is 6.19. The van der Waals surface area contributed by atoms with Crippen molar-refractivity contribution in [2.75, 3.05) is 20.8 Å². The van der Waals surface area contributed by atoms with Crippen molar-refractivity contribution in [1.29, 1.82) is 0 Å². The molecule has 8 heteroatoms. The van der Waals surface area contributed by atoms with Gasteiger partial charge in [0.05, 0.1) is 25.8 Å². The van der Waals surface area contributed by atoms with Gasteiger partial charge in [0.2, 0.25) is 0 Å². The van der Waals surface area contributed by atoms with Gasteiger partial charge in [0.1, 0.15) is 40.6 Å². The van der Waals surface area contributed by atoms with Gasteiger partial charge in [0.15, 0.2) is 0 Å². The van der Waals surface area contributed by atoms with Crippen molar-refractivity contribution in [2.45, 2.75) is 12.5 Å². The van der Waals surface area contributed by atoms with Crippen molar-refractivity contribution < 1.29 is 27.8 Å². The molecule has 32 heavy (non-hydrogen) atoms. The van der Waals surface area contributed by atoms with Gasteiger partial charge in [-0.2, -0.15) is 0 Å². The molecule has 0 aromatic heterocycles. The monoisotopic (exact) mass is 459 g/mol. The number of rotatable bonds is 6. The molecule has 3 aromatic carbocycles. The molecule has 0 unspecified atom stereocenters. The van der Waals surface area contributed by atoms with E-state index in [4.69, 9.17) is 25.8 Å². The number of carbonyl (C=O) groups excluding carboxylic acids is 1. The number of nitrogens with one attached hydrogen (secondary N) is 1. The van der Waals surface area contributed by atoms with Crippen LogP contribution >= 0.6 is 11.6 Å². The first-order chi connectivity index (χ1) is 15.4. The molecular formula is C24H20ClF2NO4. The molecule has 0 spiro atoms. The van der Waals surface area contributed by atoms with Gasteiger partial charge in [-0.05, 0) is 48.0 Å². The van der Waals surface area contributed by atoms with Crippen LogP contribution in [0.25, 0.3) is 11.1 Å². The minimum Gasteiger partial charge on any atom is -0.497 e. The normalized spacial score (nSPS) is 14.5. The topological polar surface area (TPSA) is 56.8 Å². The highest BCUT2D eigenvalue weighted by Gasteiger charge is 2.28. The molecule has 0 aliphatic carbocycles. The molecule has 0 fully saturated rings. The molecule has 3 aromatic rings. The molecule has 166 valence electrons. The molecule has 1 amide bonds. The first-order valence-electron chi connectivity index (χ1n) is 9.85. The smallest absolute Gasteiger partial charge is 0.257 e. The number of ether oxygens (including phenoxy) is 3. The number of hydrogen-bond donors (Lipinski definition) is 1. The second-order valence-electron chi connectivity index (χ2n) is 7.26. The fraction of sp³-hybridized carbons (Fsp3) is 0.208. The van der Waals surface area contributed by atoms with Crippen LogP contribution in [0, 0.1) is 11.6 Å². The third-order valence-corrected chi connectivity index (χ3v) is 5.53. The van der Waals surface area contributed by atoms with E-state index in [-0.39, 0.29) is 6.54 Å². The second kappa shape index (κ2) is 9.04. The largest absolute Gasteiger partial charge is 0.497 e. The Balaban J connectivity index is 1.52. The van der Waals surface area contributed by atoms with Crippen LogP contribution in [0.5, 0.6) is 17.2 Å². The van der Waals surface area contributed by atoms with Crippen molar-refractivity contribution in [3.8, 4) is 28.4 Å². The van der Waals surface area contributed by atoms with Crippen LogP contribution in [0.15, 0.2) is 48.5 Å². The average molecular weight is 460 g/mol. The lowest BCUT2D eigenvalue weighted by molar-refractivity contribution is 0.0925. The molecule has 4 rings (SSSR count). The molecule has 0 saturated heterocycles. The van der Waals surface area contributed by atoms with E-state index in [0.717, 1.165) is 28.8 Å². The lowest BCUT2D eigenvalue weighted by Crippen LogP contribution is -2.35. The zero-order chi connectivity index (χ0) is 22.8. The summed E-state index contributed by atoms with van der Waals surface area (Å²) >= 11 is 6.48. The van der Waals surface area contributed by atoms with Gasteiger partial charge in [-0.15, -0.1) is 0 Å². The van der Waals surface area contributed by atoms with Crippen LogP contribution in [-0.4, -0.2) is 32.8 Å².